The standard InChI is InChI=1S/C17H30BrN3/c1-7-14-16(18)15(21(8-2)20-14)12-13(3)10-9-11-19-17(4,5)6/h10,19H,7-9,11-12H2,1-6H3. The fraction of sp³-hybridized carbons (Fsp3) is 0.706. The molecule has 0 aliphatic carbocycles. The van der Waals surface area contributed by atoms with Gasteiger partial charge in [0.25, 0.3) is 0 Å². The topological polar surface area (TPSA) is 29.9 Å². The fourth-order valence-corrected chi connectivity index (χ4v) is 2.99. The Morgan fingerprint density at radius 3 is 2.52 bits per heavy atom. The lowest BCUT2D eigenvalue weighted by atomic mass is 10.1. The van der Waals surface area contributed by atoms with E-state index in [1.165, 1.54) is 15.7 Å². The third-order valence-corrected chi connectivity index (χ3v) is 4.35. The third kappa shape index (κ3) is 5.95. The van der Waals surface area contributed by atoms with Gasteiger partial charge in [0.1, 0.15) is 0 Å². The minimum Gasteiger partial charge on any atom is -0.312 e. The fourth-order valence-electron chi connectivity index (χ4n) is 2.29. The van der Waals surface area contributed by atoms with Gasteiger partial charge in [-0.05, 0) is 69.9 Å². The van der Waals surface area contributed by atoms with E-state index in [1.54, 1.807) is 0 Å². The molecule has 0 atom stereocenters. The predicted octanol–water partition coefficient (Wildman–Crippen LogP) is 4.49. The first-order valence-electron chi connectivity index (χ1n) is 7.93. The summed E-state index contributed by atoms with van der Waals surface area (Å²) in [6, 6.07) is 0. The highest BCUT2D eigenvalue weighted by atomic mass is 79.9. The minimum atomic E-state index is 0.196. The molecule has 0 bridgehead atoms. The monoisotopic (exact) mass is 355 g/mol. The lowest BCUT2D eigenvalue weighted by Crippen LogP contribution is -2.36. The Kier molecular flexibility index (Phi) is 7.14. The molecule has 21 heavy (non-hydrogen) atoms. The van der Waals surface area contributed by atoms with E-state index in [2.05, 4.69) is 78.6 Å². The van der Waals surface area contributed by atoms with Crippen molar-refractivity contribution < 1.29 is 0 Å². The SMILES string of the molecule is CCc1nn(CC)c(CC(C)=CCCNC(C)(C)C)c1Br. The van der Waals surface area contributed by atoms with Gasteiger partial charge in [0.15, 0.2) is 0 Å². The van der Waals surface area contributed by atoms with Gasteiger partial charge in [-0.2, -0.15) is 5.10 Å². The Labute approximate surface area is 138 Å². The van der Waals surface area contributed by atoms with E-state index in [1.807, 2.05) is 0 Å². The van der Waals surface area contributed by atoms with Gasteiger partial charge in [-0.3, -0.25) is 4.68 Å². The van der Waals surface area contributed by atoms with Gasteiger partial charge >= 0.3 is 0 Å². The summed E-state index contributed by atoms with van der Waals surface area (Å²) in [5.74, 6) is 0. The number of aryl methyl sites for hydroxylation is 2. The molecule has 0 aliphatic heterocycles. The predicted molar refractivity (Wildman–Crippen MR) is 94.8 cm³/mol. The van der Waals surface area contributed by atoms with Crippen LogP contribution in [0.4, 0.5) is 0 Å². The molecule has 1 aromatic heterocycles. The highest BCUT2D eigenvalue weighted by molar-refractivity contribution is 9.10. The molecular weight excluding hydrogens is 326 g/mol. The summed E-state index contributed by atoms with van der Waals surface area (Å²) in [6.07, 6.45) is 5.35. The third-order valence-electron chi connectivity index (χ3n) is 3.43. The van der Waals surface area contributed by atoms with Crippen molar-refractivity contribution in [2.45, 2.75) is 72.9 Å². The van der Waals surface area contributed by atoms with Crippen LogP contribution in [0.3, 0.4) is 0 Å². The maximum atomic E-state index is 4.66. The van der Waals surface area contributed by atoms with Crippen LogP contribution in [0.5, 0.6) is 0 Å². The first-order valence-corrected chi connectivity index (χ1v) is 8.72. The number of hydrogen-bond acceptors (Lipinski definition) is 2. The quantitative estimate of drug-likeness (QED) is 0.576. The highest BCUT2D eigenvalue weighted by Gasteiger charge is 2.14. The van der Waals surface area contributed by atoms with Gasteiger partial charge in [-0.15, -0.1) is 0 Å². The van der Waals surface area contributed by atoms with Crippen molar-refractivity contribution in [3.63, 3.8) is 0 Å². The lowest BCUT2D eigenvalue weighted by molar-refractivity contribution is 0.431. The van der Waals surface area contributed by atoms with Gasteiger partial charge in [-0.1, -0.05) is 18.6 Å². The zero-order chi connectivity index (χ0) is 16.0. The number of rotatable bonds is 7. The Bertz CT molecular complexity index is 481. The van der Waals surface area contributed by atoms with Crippen LogP contribution in [0.15, 0.2) is 16.1 Å². The molecule has 0 fully saturated rings. The zero-order valence-electron chi connectivity index (χ0n) is 14.4. The number of nitrogens with zero attached hydrogens (tertiary/aromatic N) is 2. The molecule has 1 aromatic rings. The molecule has 0 aliphatic rings. The summed E-state index contributed by atoms with van der Waals surface area (Å²) in [7, 11) is 0. The molecular formula is C17H30BrN3. The molecule has 0 saturated carbocycles. The van der Waals surface area contributed by atoms with E-state index < -0.39 is 0 Å². The molecule has 4 heteroatoms. The van der Waals surface area contributed by atoms with E-state index in [0.717, 1.165) is 38.0 Å². The van der Waals surface area contributed by atoms with Crippen molar-refractivity contribution in [2.24, 2.45) is 0 Å². The Hall–Kier alpha value is -0.610. The van der Waals surface area contributed by atoms with E-state index in [9.17, 15) is 0 Å². The molecule has 3 nitrogen and oxygen atoms in total. The molecule has 0 spiro atoms. The van der Waals surface area contributed by atoms with Crippen LogP contribution in [0.1, 0.15) is 59.4 Å². The van der Waals surface area contributed by atoms with Gasteiger partial charge in [0.2, 0.25) is 0 Å². The summed E-state index contributed by atoms with van der Waals surface area (Å²) in [5, 5.41) is 8.18. The molecule has 120 valence electrons. The lowest BCUT2D eigenvalue weighted by Gasteiger charge is -2.19. The van der Waals surface area contributed by atoms with E-state index in [-0.39, 0.29) is 5.54 Å². The Balaban J connectivity index is 2.66. The van der Waals surface area contributed by atoms with Crippen LogP contribution in [0.25, 0.3) is 0 Å². The second kappa shape index (κ2) is 8.14. The van der Waals surface area contributed by atoms with Gasteiger partial charge < -0.3 is 5.32 Å². The van der Waals surface area contributed by atoms with Crippen molar-refractivity contribution in [1.29, 1.82) is 0 Å². The number of halogens is 1. The second-order valence-electron chi connectivity index (χ2n) is 6.57. The van der Waals surface area contributed by atoms with E-state index in [4.69, 9.17) is 0 Å². The summed E-state index contributed by atoms with van der Waals surface area (Å²) in [6.45, 7) is 15.1. The molecule has 1 heterocycles. The zero-order valence-corrected chi connectivity index (χ0v) is 16.0. The van der Waals surface area contributed by atoms with Gasteiger partial charge in [-0.25, -0.2) is 0 Å². The Morgan fingerprint density at radius 1 is 1.33 bits per heavy atom. The van der Waals surface area contributed by atoms with Gasteiger partial charge in [0.05, 0.1) is 15.9 Å². The van der Waals surface area contributed by atoms with E-state index >= 15 is 0 Å². The normalized spacial score (nSPS) is 13.0. The molecule has 1 rings (SSSR count). The van der Waals surface area contributed by atoms with Crippen LogP contribution in [-0.2, 0) is 19.4 Å². The van der Waals surface area contributed by atoms with Gasteiger partial charge in [0, 0.05) is 18.5 Å². The first kappa shape index (κ1) is 18.4. The van der Waals surface area contributed by atoms with Crippen molar-refractivity contribution >= 4 is 15.9 Å². The van der Waals surface area contributed by atoms with Crippen molar-refractivity contribution in [3.8, 4) is 0 Å². The summed E-state index contributed by atoms with van der Waals surface area (Å²) in [5.41, 5.74) is 4.06. The van der Waals surface area contributed by atoms with Crippen LogP contribution >= 0.6 is 15.9 Å². The minimum absolute atomic E-state index is 0.196. The summed E-state index contributed by atoms with van der Waals surface area (Å²) in [4.78, 5) is 0. The second-order valence-corrected chi connectivity index (χ2v) is 7.36. The molecule has 0 unspecified atom stereocenters. The number of allylic oxidation sites excluding steroid dienone is 1. The van der Waals surface area contributed by atoms with Crippen LogP contribution < -0.4 is 5.32 Å². The van der Waals surface area contributed by atoms with Crippen molar-refractivity contribution in [2.75, 3.05) is 6.54 Å². The molecule has 0 radical (unpaired) electrons. The number of aromatic nitrogens is 2. The first-order chi connectivity index (χ1) is 9.78. The van der Waals surface area contributed by atoms with Crippen LogP contribution in [0.2, 0.25) is 0 Å². The number of nitrogens with one attached hydrogen (secondary N) is 1. The maximum Gasteiger partial charge on any atom is 0.0766 e. The van der Waals surface area contributed by atoms with Crippen LogP contribution in [0, 0.1) is 0 Å². The smallest absolute Gasteiger partial charge is 0.0766 e. The summed E-state index contributed by atoms with van der Waals surface area (Å²) >= 11 is 3.72. The molecule has 0 amide bonds. The average molecular weight is 356 g/mol. The molecule has 1 N–H and O–H groups in total. The number of hydrogen-bond donors (Lipinski definition) is 1. The summed E-state index contributed by atoms with van der Waals surface area (Å²) < 4.78 is 3.31. The Morgan fingerprint density at radius 2 is 2.00 bits per heavy atom. The molecule has 0 saturated heterocycles. The highest BCUT2D eigenvalue weighted by Crippen LogP contribution is 2.24. The average Bonchev–Trinajstić information content (AvgIpc) is 2.70. The van der Waals surface area contributed by atoms with Crippen LogP contribution in [-0.4, -0.2) is 21.9 Å². The van der Waals surface area contributed by atoms with E-state index in [0.29, 0.717) is 0 Å². The largest absolute Gasteiger partial charge is 0.312 e. The van der Waals surface area contributed by atoms with Crippen molar-refractivity contribution in [1.82, 2.24) is 15.1 Å². The van der Waals surface area contributed by atoms with Crippen molar-refractivity contribution in [3.05, 3.63) is 27.5 Å². The molecule has 0 aromatic carbocycles. The maximum absolute atomic E-state index is 4.66.